The monoisotopic (exact) mass is 347 g/mol. The van der Waals surface area contributed by atoms with Crippen LogP contribution in [0.1, 0.15) is 25.0 Å². The van der Waals surface area contributed by atoms with Crippen molar-refractivity contribution in [3.8, 4) is 0 Å². The maximum atomic E-state index is 4.05. The molecular weight excluding hydrogens is 326 g/mol. The molecule has 0 bridgehead atoms. The second-order valence-electron chi connectivity index (χ2n) is 5.52. The van der Waals surface area contributed by atoms with Crippen LogP contribution in [0.25, 0.3) is 0 Å². The minimum absolute atomic E-state index is 0.492. The van der Waals surface area contributed by atoms with Crippen LogP contribution in [0.2, 0.25) is 0 Å². The maximum Gasteiger partial charge on any atom is 0.0427 e. The van der Waals surface area contributed by atoms with E-state index in [1.807, 2.05) is 24.5 Å². The van der Waals surface area contributed by atoms with E-state index in [9.17, 15) is 0 Å². The Morgan fingerprint density at radius 1 is 1.19 bits per heavy atom. The second kappa shape index (κ2) is 7.57. The average molecular weight is 348 g/mol. The smallest absolute Gasteiger partial charge is 0.0427 e. The molecule has 0 saturated heterocycles. The third-order valence-corrected chi connectivity index (χ3v) is 4.09. The zero-order valence-corrected chi connectivity index (χ0v) is 14.4. The zero-order chi connectivity index (χ0) is 15.2. The molecule has 112 valence electrons. The summed E-state index contributed by atoms with van der Waals surface area (Å²) in [6, 6.07) is 11.1. The van der Waals surface area contributed by atoms with E-state index in [1.54, 1.807) is 0 Å². The van der Waals surface area contributed by atoms with Crippen LogP contribution in [0.4, 0.5) is 5.69 Å². The van der Waals surface area contributed by atoms with Crippen LogP contribution in [-0.4, -0.2) is 18.1 Å². The quantitative estimate of drug-likeness (QED) is 0.856. The summed E-state index contributed by atoms with van der Waals surface area (Å²) >= 11 is 3.67. The molecule has 0 aliphatic heterocycles. The van der Waals surface area contributed by atoms with Gasteiger partial charge in [-0.15, -0.1) is 0 Å². The van der Waals surface area contributed by atoms with Crippen LogP contribution in [-0.2, 0) is 13.1 Å². The van der Waals surface area contributed by atoms with E-state index >= 15 is 0 Å². The standard InChI is InChI=1S/C17H22BrN3/c1-13(2)20-11-15-4-5-16(10-17(15)18)21(3)12-14-6-8-19-9-7-14/h4-10,13,20H,11-12H2,1-3H3. The Bertz CT molecular complexity index is 570. The molecule has 21 heavy (non-hydrogen) atoms. The Hall–Kier alpha value is -1.39. The maximum absolute atomic E-state index is 4.05. The van der Waals surface area contributed by atoms with Crippen molar-refractivity contribution in [2.24, 2.45) is 0 Å². The minimum Gasteiger partial charge on any atom is -0.370 e. The summed E-state index contributed by atoms with van der Waals surface area (Å²) in [5, 5.41) is 3.44. The lowest BCUT2D eigenvalue weighted by molar-refractivity contribution is 0.588. The molecule has 0 aliphatic rings. The van der Waals surface area contributed by atoms with Crippen molar-refractivity contribution in [2.45, 2.75) is 33.0 Å². The SMILES string of the molecule is CC(C)NCc1ccc(N(C)Cc2ccncc2)cc1Br. The molecule has 0 spiro atoms. The molecule has 0 saturated carbocycles. The van der Waals surface area contributed by atoms with Gasteiger partial charge in [-0.2, -0.15) is 0 Å². The number of halogens is 1. The molecule has 0 amide bonds. The molecule has 2 rings (SSSR count). The lowest BCUT2D eigenvalue weighted by Gasteiger charge is -2.20. The molecule has 1 aromatic heterocycles. The van der Waals surface area contributed by atoms with Gasteiger partial charge in [-0.05, 0) is 35.4 Å². The number of pyridine rings is 1. The molecule has 0 fully saturated rings. The number of anilines is 1. The second-order valence-corrected chi connectivity index (χ2v) is 6.38. The predicted octanol–water partition coefficient (Wildman–Crippen LogP) is 3.98. The first-order valence-electron chi connectivity index (χ1n) is 7.18. The van der Waals surface area contributed by atoms with Crippen molar-refractivity contribution < 1.29 is 0 Å². The van der Waals surface area contributed by atoms with Gasteiger partial charge in [-0.3, -0.25) is 4.98 Å². The van der Waals surface area contributed by atoms with Gasteiger partial charge in [0.05, 0.1) is 0 Å². The van der Waals surface area contributed by atoms with Crippen molar-refractivity contribution in [1.29, 1.82) is 0 Å². The van der Waals surface area contributed by atoms with Crippen molar-refractivity contribution in [2.75, 3.05) is 11.9 Å². The highest BCUT2D eigenvalue weighted by molar-refractivity contribution is 9.10. The molecule has 4 heteroatoms. The summed E-state index contributed by atoms with van der Waals surface area (Å²) in [4.78, 5) is 6.29. The van der Waals surface area contributed by atoms with Gasteiger partial charge in [0.2, 0.25) is 0 Å². The summed E-state index contributed by atoms with van der Waals surface area (Å²) in [5.74, 6) is 0. The molecule has 2 aromatic rings. The van der Waals surface area contributed by atoms with Crippen molar-refractivity contribution in [3.05, 3.63) is 58.3 Å². The van der Waals surface area contributed by atoms with E-state index in [2.05, 4.69) is 70.2 Å². The number of nitrogens with zero attached hydrogens (tertiary/aromatic N) is 2. The summed E-state index contributed by atoms with van der Waals surface area (Å²) in [6.07, 6.45) is 3.67. The van der Waals surface area contributed by atoms with Gasteiger partial charge in [0, 0.05) is 48.7 Å². The highest BCUT2D eigenvalue weighted by Gasteiger charge is 2.06. The van der Waals surface area contributed by atoms with Crippen molar-refractivity contribution >= 4 is 21.6 Å². The molecular formula is C17H22BrN3. The van der Waals surface area contributed by atoms with Gasteiger partial charge < -0.3 is 10.2 Å². The van der Waals surface area contributed by atoms with Gasteiger partial charge in [0.25, 0.3) is 0 Å². The third kappa shape index (κ3) is 4.83. The van der Waals surface area contributed by atoms with E-state index in [4.69, 9.17) is 0 Å². The average Bonchev–Trinajstić information content (AvgIpc) is 2.46. The molecule has 0 aliphatic carbocycles. The fourth-order valence-electron chi connectivity index (χ4n) is 2.08. The Morgan fingerprint density at radius 3 is 2.52 bits per heavy atom. The number of hydrogen-bond donors (Lipinski definition) is 1. The normalized spacial score (nSPS) is 10.9. The first kappa shape index (κ1) is 16.0. The van der Waals surface area contributed by atoms with Crippen LogP contribution < -0.4 is 10.2 Å². The first-order chi connectivity index (χ1) is 10.1. The Morgan fingerprint density at radius 2 is 1.90 bits per heavy atom. The largest absolute Gasteiger partial charge is 0.370 e. The summed E-state index contributed by atoms with van der Waals surface area (Å²) in [5.41, 5.74) is 3.74. The summed E-state index contributed by atoms with van der Waals surface area (Å²) in [6.45, 7) is 6.07. The molecule has 0 atom stereocenters. The molecule has 1 N–H and O–H groups in total. The van der Waals surface area contributed by atoms with Crippen molar-refractivity contribution in [3.63, 3.8) is 0 Å². The van der Waals surface area contributed by atoms with Gasteiger partial charge in [0.15, 0.2) is 0 Å². The summed E-state index contributed by atoms with van der Waals surface area (Å²) < 4.78 is 1.15. The molecule has 1 aromatic carbocycles. The van der Waals surface area contributed by atoms with E-state index < -0.39 is 0 Å². The van der Waals surface area contributed by atoms with Gasteiger partial charge in [0.1, 0.15) is 0 Å². The van der Waals surface area contributed by atoms with Crippen LogP contribution in [0.5, 0.6) is 0 Å². The van der Waals surface area contributed by atoms with E-state index in [0.29, 0.717) is 6.04 Å². The van der Waals surface area contributed by atoms with Crippen LogP contribution in [0, 0.1) is 0 Å². The topological polar surface area (TPSA) is 28.2 Å². The predicted molar refractivity (Wildman–Crippen MR) is 92.5 cm³/mol. The zero-order valence-electron chi connectivity index (χ0n) is 12.8. The highest BCUT2D eigenvalue weighted by atomic mass is 79.9. The van der Waals surface area contributed by atoms with Gasteiger partial charge in [-0.25, -0.2) is 0 Å². The van der Waals surface area contributed by atoms with E-state index in [-0.39, 0.29) is 0 Å². The molecule has 0 unspecified atom stereocenters. The fraction of sp³-hybridized carbons (Fsp3) is 0.353. The molecule has 3 nitrogen and oxygen atoms in total. The number of hydrogen-bond acceptors (Lipinski definition) is 3. The number of aromatic nitrogens is 1. The third-order valence-electron chi connectivity index (χ3n) is 3.35. The summed E-state index contributed by atoms with van der Waals surface area (Å²) in [7, 11) is 2.11. The van der Waals surface area contributed by atoms with Crippen LogP contribution in [0.3, 0.4) is 0 Å². The number of nitrogens with one attached hydrogen (secondary N) is 1. The van der Waals surface area contributed by atoms with Gasteiger partial charge in [-0.1, -0.05) is 35.8 Å². The Balaban J connectivity index is 2.05. The Labute approximate surface area is 135 Å². The van der Waals surface area contributed by atoms with Gasteiger partial charge >= 0.3 is 0 Å². The van der Waals surface area contributed by atoms with Crippen molar-refractivity contribution in [1.82, 2.24) is 10.3 Å². The Kier molecular flexibility index (Phi) is 5.76. The minimum atomic E-state index is 0.492. The number of benzene rings is 1. The lowest BCUT2D eigenvalue weighted by atomic mass is 10.1. The van der Waals surface area contributed by atoms with E-state index in [1.165, 1.54) is 16.8 Å². The molecule has 1 heterocycles. The van der Waals surface area contributed by atoms with Crippen LogP contribution >= 0.6 is 15.9 Å². The highest BCUT2D eigenvalue weighted by Crippen LogP contribution is 2.24. The number of rotatable bonds is 6. The van der Waals surface area contributed by atoms with Crippen LogP contribution in [0.15, 0.2) is 47.2 Å². The first-order valence-corrected chi connectivity index (χ1v) is 7.97. The molecule has 0 radical (unpaired) electrons. The lowest BCUT2D eigenvalue weighted by Crippen LogP contribution is -2.22. The van der Waals surface area contributed by atoms with E-state index in [0.717, 1.165) is 17.6 Å². The fourth-order valence-corrected chi connectivity index (χ4v) is 2.59.